The summed E-state index contributed by atoms with van der Waals surface area (Å²) in [7, 11) is 0. The number of hydrogen-bond donors (Lipinski definition) is 1. The van der Waals surface area contributed by atoms with Gasteiger partial charge in [-0.2, -0.15) is 0 Å². The Morgan fingerprint density at radius 2 is 2.05 bits per heavy atom. The molecule has 1 unspecified atom stereocenters. The van der Waals surface area contributed by atoms with E-state index in [1.165, 1.54) is 24.0 Å². The smallest absolute Gasteiger partial charge is 0.123 e. The largest absolute Gasteiger partial charge is 0.488 e. The second-order valence-corrected chi connectivity index (χ2v) is 6.53. The first kappa shape index (κ1) is 13.3. The minimum absolute atomic E-state index is 0.297. The van der Waals surface area contributed by atoms with Gasteiger partial charge in [-0.3, -0.25) is 0 Å². The van der Waals surface area contributed by atoms with Crippen molar-refractivity contribution in [2.45, 2.75) is 56.6 Å². The van der Waals surface area contributed by atoms with Gasteiger partial charge < -0.3 is 10.1 Å². The van der Waals surface area contributed by atoms with Gasteiger partial charge in [-0.25, -0.2) is 0 Å². The first-order valence-electron chi connectivity index (χ1n) is 7.34. The van der Waals surface area contributed by atoms with Gasteiger partial charge in [0.2, 0.25) is 0 Å². The van der Waals surface area contributed by atoms with Crippen molar-refractivity contribution in [1.29, 1.82) is 0 Å². The summed E-state index contributed by atoms with van der Waals surface area (Å²) in [5.41, 5.74) is 2.67. The van der Waals surface area contributed by atoms with Crippen molar-refractivity contribution in [1.82, 2.24) is 5.32 Å². The molecule has 3 heteroatoms. The average Bonchev–Trinajstić information content (AvgIpc) is 2.80. The molecular formula is C16H22ClNO. The van der Waals surface area contributed by atoms with E-state index in [9.17, 15) is 0 Å². The minimum Gasteiger partial charge on any atom is -0.488 e. The molecule has 1 atom stereocenters. The SMILES string of the molecule is Cc1ccc2c(c1)CC(CNC1CCC(Cl)CC1)O2. The lowest BCUT2D eigenvalue weighted by Gasteiger charge is -2.27. The van der Waals surface area contributed by atoms with Crippen molar-refractivity contribution in [2.75, 3.05) is 6.54 Å². The van der Waals surface area contributed by atoms with E-state index in [0.717, 1.165) is 31.6 Å². The molecule has 1 heterocycles. The van der Waals surface area contributed by atoms with E-state index in [1.54, 1.807) is 0 Å². The molecule has 2 nitrogen and oxygen atoms in total. The van der Waals surface area contributed by atoms with Gasteiger partial charge in [-0.05, 0) is 44.2 Å². The first-order chi connectivity index (χ1) is 9.20. The summed E-state index contributed by atoms with van der Waals surface area (Å²) in [4.78, 5) is 0. The monoisotopic (exact) mass is 279 g/mol. The van der Waals surface area contributed by atoms with Crippen LogP contribution < -0.4 is 10.1 Å². The molecule has 1 aromatic rings. The molecule has 2 aliphatic rings. The van der Waals surface area contributed by atoms with Crippen molar-refractivity contribution >= 4 is 11.6 Å². The third-order valence-electron chi connectivity index (χ3n) is 4.25. The highest BCUT2D eigenvalue weighted by atomic mass is 35.5. The zero-order valence-corrected chi connectivity index (χ0v) is 12.2. The van der Waals surface area contributed by atoms with Crippen LogP contribution in [0, 0.1) is 6.92 Å². The lowest BCUT2D eigenvalue weighted by molar-refractivity contribution is 0.214. The molecule has 1 fully saturated rings. The average molecular weight is 280 g/mol. The predicted molar refractivity (Wildman–Crippen MR) is 79.2 cm³/mol. The maximum atomic E-state index is 6.13. The highest BCUT2D eigenvalue weighted by Crippen LogP contribution is 2.29. The van der Waals surface area contributed by atoms with Gasteiger partial charge in [0, 0.05) is 24.4 Å². The standard InChI is InChI=1S/C16H22ClNO/c1-11-2-7-16-12(8-11)9-15(19-16)10-18-14-5-3-13(17)4-6-14/h2,7-8,13-15,18H,3-6,9-10H2,1H3. The fourth-order valence-corrected chi connectivity index (χ4v) is 3.37. The van der Waals surface area contributed by atoms with Crippen LogP contribution in [0.25, 0.3) is 0 Å². The van der Waals surface area contributed by atoms with Crippen molar-refractivity contribution < 1.29 is 4.74 Å². The highest BCUT2D eigenvalue weighted by Gasteiger charge is 2.25. The summed E-state index contributed by atoms with van der Waals surface area (Å²) in [5.74, 6) is 1.07. The number of hydrogen-bond acceptors (Lipinski definition) is 2. The molecule has 0 spiro atoms. The molecule has 0 amide bonds. The Morgan fingerprint density at radius 1 is 1.26 bits per heavy atom. The number of alkyl halides is 1. The number of benzene rings is 1. The topological polar surface area (TPSA) is 21.3 Å². The van der Waals surface area contributed by atoms with Gasteiger partial charge in [-0.15, -0.1) is 11.6 Å². The van der Waals surface area contributed by atoms with Crippen molar-refractivity contribution in [3.8, 4) is 5.75 Å². The highest BCUT2D eigenvalue weighted by molar-refractivity contribution is 6.20. The third kappa shape index (κ3) is 3.24. The Balaban J connectivity index is 1.48. The Morgan fingerprint density at radius 3 is 2.84 bits per heavy atom. The second-order valence-electron chi connectivity index (χ2n) is 5.91. The van der Waals surface area contributed by atoms with Crippen LogP contribution in [0.5, 0.6) is 5.75 Å². The summed E-state index contributed by atoms with van der Waals surface area (Å²) < 4.78 is 5.99. The van der Waals surface area contributed by atoms with E-state index in [1.807, 2.05) is 0 Å². The Hall–Kier alpha value is -0.730. The number of halogens is 1. The number of rotatable bonds is 3. The first-order valence-corrected chi connectivity index (χ1v) is 7.78. The van der Waals surface area contributed by atoms with Crippen molar-refractivity contribution in [2.24, 2.45) is 0 Å². The quantitative estimate of drug-likeness (QED) is 0.856. The van der Waals surface area contributed by atoms with Gasteiger partial charge in [-0.1, -0.05) is 17.7 Å². The maximum absolute atomic E-state index is 6.13. The number of fused-ring (bicyclic) bond motifs is 1. The summed E-state index contributed by atoms with van der Waals surface area (Å²) in [6.07, 6.45) is 6.02. The second kappa shape index (κ2) is 5.72. The number of nitrogens with one attached hydrogen (secondary N) is 1. The summed E-state index contributed by atoms with van der Waals surface area (Å²) in [6, 6.07) is 7.09. The molecule has 1 aromatic carbocycles. The Bertz CT molecular complexity index is 440. The van der Waals surface area contributed by atoms with E-state index in [2.05, 4.69) is 30.4 Å². The van der Waals surface area contributed by atoms with Crippen LogP contribution in [0.1, 0.15) is 36.8 Å². The summed E-state index contributed by atoms with van der Waals surface area (Å²) in [5, 5.41) is 4.05. The molecule has 1 aliphatic heterocycles. The maximum Gasteiger partial charge on any atom is 0.123 e. The van der Waals surface area contributed by atoms with Crippen LogP contribution in [-0.2, 0) is 6.42 Å². The molecule has 1 saturated carbocycles. The molecule has 104 valence electrons. The fraction of sp³-hybridized carbons (Fsp3) is 0.625. The van der Waals surface area contributed by atoms with Crippen LogP contribution in [-0.4, -0.2) is 24.1 Å². The molecule has 3 rings (SSSR count). The zero-order valence-electron chi connectivity index (χ0n) is 11.5. The number of aryl methyl sites for hydroxylation is 1. The van der Waals surface area contributed by atoms with E-state index in [4.69, 9.17) is 16.3 Å². The Kier molecular flexibility index (Phi) is 3.99. The predicted octanol–water partition coefficient (Wildman–Crippen LogP) is 3.44. The van der Waals surface area contributed by atoms with Crippen molar-refractivity contribution in [3.05, 3.63) is 29.3 Å². The van der Waals surface area contributed by atoms with E-state index >= 15 is 0 Å². The molecule has 0 radical (unpaired) electrons. The van der Waals surface area contributed by atoms with E-state index < -0.39 is 0 Å². The van der Waals surface area contributed by atoms with Crippen LogP contribution in [0.15, 0.2) is 18.2 Å². The van der Waals surface area contributed by atoms with Crippen LogP contribution in [0.3, 0.4) is 0 Å². The lowest BCUT2D eigenvalue weighted by atomic mass is 9.95. The molecule has 0 aromatic heterocycles. The van der Waals surface area contributed by atoms with Crippen LogP contribution in [0.4, 0.5) is 0 Å². The molecular weight excluding hydrogens is 258 g/mol. The van der Waals surface area contributed by atoms with E-state index in [0.29, 0.717) is 17.5 Å². The van der Waals surface area contributed by atoms with Gasteiger partial charge in [0.05, 0.1) is 0 Å². The van der Waals surface area contributed by atoms with Gasteiger partial charge in [0.15, 0.2) is 0 Å². The van der Waals surface area contributed by atoms with Gasteiger partial charge >= 0.3 is 0 Å². The third-order valence-corrected chi connectivity index (χ3v) is 4.68. The minimum atomic E-state index is 0.297. The van der Waals surface area contributed by atoms with Crippen LogP contribution >= 0.6 is 11.6 Å². The van der Waals surface area contributed by atoms with Gasteiger partial charge in [0.25, 0.3) is 0 Å². The summed E-state index contributed by atoms with van der Waals surface area (Å²) >= 11 is 6.13. The fourth-order valence-electron chi connectivity index (χ4n) is 3.12. The van der Waals surface area contributed by atoms with Crippen molar-refractivity contribution in [3.63, 3.8) is 0 Å². The Labute approximate surface area is 120 Å². The number of ether oxygens (including phenoxy) is 1. The molecule has 1 aliphatic carbocycles. The normalized spacial score (nSPS) is 29.9. The lowest BCUT2D eigenvalue weighted by Crippen LogP contribution is -2.39. The van der Waals surface area contributed by atoms with Crippen LogP contribution in [0.2, 0.25) is 0 Å². The van der Waals surface area contributed by atoms with Gasteiger partial charge in [0.1, 0.15) is 11.9 Å². The molecule has 19 heavy (non-hydrogen) atoms. The summed E-state index contributed by atoms with van der Waals surface area (Å²) in [6.45, 7) is 3.09. The van der Waals surface area contributed by atoms with E-state index in [-0.39, 0.29) is 0 Å². The molecule has 0 bridgehead atoms. The molecule has 1 N–H and O–H groups in total. The molecule has 0 saturated heterocycles. The zero-order chi connectivity index (χ0) is 13.2.